The first-order valence-electron chi connectivity index (χ1n) is 9.30. The van der Waals surface area contributed by atoms with E-state index in [2.05, 4.69) is 4.98 Å². The molecule has 0 spiro atoms. The molecule has 8 heteroatoms. The first kappa shape index (κ1) is 19.6. The minimum Gasteiger partial charge on any atom is -0.503 e. The lowest BCUT2D eigenvalue weighted by atomic mass is 9.95. The average molecular weight is 429 g/mol. The zero-order valence-electron chi connectivity index (χ0n) is 16.2. The van der Waals surface area contributed by atoms with Crippen molar-refractivity contribution in [2.24, 2.45) is 5.92 Å². The summed E-state index contributed by atoms with van der Waals surface area (Å²) in [5.41, 5.74) is 0.871. The zero-order valence-corrected chi connectivity index (χ0v) is 17.8. The predicted molar refractivity (Wildman–Crippen MR) is 115 cm³/mol. The highest BCUT2D eigenvalue weighted by atomic mass is 32.1. The Morgan fingerprint density at radius 3 is 2.79 bits per heavy atom. The summed E-state index contributed by atoms with van der Waals surface area (Å²) in [5, 5.41) is 12.9. The number of carbonyl (C=O) groups excluding carboxylic acids is 2. The first-order chi connectivity index (χ1) is 13.9. The molecule has 0 saturated heterocycles. The van der Waals surface area contributed by atoms with Crippen molar-refractivity contribution in [1.29, 1.82) is 0 Å². The predicted octanol–water partition coefficient (Wildman–Crippen LogP) is 4.88. The number of aromatic nitrogens is 1. The van der Waals surface area contributed by atoms with Crippen LogP contribution in [0.5, 0.6) is 5.75 Å². The van der Waals surface area contributed by atoms with Crippen molar-refractivity contribution in [3.63, 3.8) is 0 Å². The molecule has 0 aliphatic carbocycles. The molecule has 3 heterocycles. The number of thiazole rings is 1. The number of nitrogens with zero attached hydrogens (tertiary/aromatic N) is 2. The Morgan fingerprint density at radius 1 is 1.34 bits per heavy atom. The van der Waals surface area contributed by atoms with Crippen molar-refractivity contribution in [3.05, 3.63) is 51.9 Å². The average Bonchev–Trinajstić information content (AvgIpc) is 3.40. The van der Waals surface area contributed by atoms with Gasteiger partial charge in [0.15, 0.2) is 16.7 Å². The van der Waals surface area contributed by atoms with Crippen LogP contribution < -0.4 is 9.64 Å². The molecule has 0 bridgehead atoms. The van der Waals surface area contributed by atoms with E-state index in [1.807, 2.05) is 42.6 Å². The van der Waals surface area contributed by atoms with E-state index >= 15 is 0 Å². The van der Waals surface area contributed by atoms with E-state index in [1.165, 1.54) is 27.6 Å². The summed E-state index contributed by atoms with van der Waals surface area (Å²) in [6, 6.07) is 8.61. The third-order valence-electron chi connectivity index (χ3n) is 4.68. The molecule has 0 radical (unpaired) electrons. The van der Waals surface area contributed by atoms with Crippen LogP contribution in [0.1, 0.15) is 31.7 Å². The summed E-state index contributed by atoms with van der Waals surface area (Å²) in [7, 11) is 0. The van der Waals surface area contributed by atoms with Crippen molar-refractivity contribution in [1.82, 2.24) is 4.98 Å². The van der Waals surface area contributed by atoms with Gasteiger partial charge in [0.2, 0.25) is 0 Å². The third-order valence-corrected chi connectivity index (χ3v) is 6.62. The largest absolute Gasteiger partial charge is 0.503 e. The molecule has 1 aromatic carbocycles. The summed E-state index contributed by atoms with van der Waals surface area (Å²) in [6.07, 6.45) is 0. The molecular formula is C21H20N2O4S2. The van der Waals surface area contributed by atoms with Crippen molar-refractivity contribution in [2.45, 2.75) is 26.8 Å². The Bertz CT molecular complexity index is 1120. The maximum atomic E-state index is 13.0. The molecule has 1 unspecified atom stereocenters. The van der Waals surface area contributed by atoms with Crippen LogP contribution in [0.15, 0.2) is 47.0 Å². The highest BCUT2D eigenvalue weighted by Gasteiger charge is 2.46. The fourth-order valence-corrected chi connectivity index (χ4v) is 5.18. The second-order valence-corrected chi connectivity index (χ2v) is 8.92. The van der Waals surface area contributed by atoms with Gasteiger partial charge in [-0.3, -0.25) is 14.5 Å². The lowest BCUT2D eigenvalue weighted by Gasteiger charge is -2.23. The monoisotopic (exact) mass is 428 g/mol. The number of ketones is 1. The Morgan fingerprint density at radius 2 is 2.14 bits per heavy atom. The quantitative estimate of drug-likeness (QED) is 0.605. The molecule has 1 atom stereocenters. The summed E-state index contributed by atoms with van der Waals surface area (Å²) >= 11 is 2.77. The second-order valence-electron chi connectivity index (χ2n) is 6.93. The van der Waals surface area contributed by atoms with Gasteiger partial charge in [-0.2, -0.15) is 0 Å². The number of fused-ring (bicyclic) bond motifs is 1. The number of ether oxygens (including phenoxy) is 1. The number of rotatable bonds is 6. The molecule has 0 saturated carbocycles. The third kappa shape index (κ3) is 3.32. The number of hydrogen-bond donors (Lipinski definition) is 1. The van der Waals surface area contributed by atoms with Gasteiger partial charge in [-0.25, -0.2) is 4.98 Å². The van der Waals surface area contributed by atoms with Crippen LogP contribution in [0.25, 0.3) is 10.2 Å². The maximum Gasteiger partial charge on any atom is 0.296 e. The maximum absolute atomic E-state index is 13.0. The molecule has 6 nitrogen and oxygen atoms in total. The molecular weight excluding hydrogens is 408 g/mol. The lowest BCUT2D eigenvalue weighted by Crippen LogP contribution is -2.30. The van der Waals surface area contributed by atoms with Crippen LogP contribution in [-0.4, -0.2) is 28.4 Å². The van der Waals surface area contributed by atoms with Crippen LogP contribution in [0, 0.1) is 5.92 Å². The van der Waals surface area contributed by atoms with E-state index in [9.17, 15) is 14.7 Å². The molecule has 29 heavy (non-hydrogen) atoms. The summed E-state index contributed by atoms with van der Waals surface area (Å²) in [4.78, 5) is 32.7. The van der Waals surface area contributed by atoms with Crippen molar-refractivity contribution in [2.75, 3.05) is 11.5 Å². The normalized spacial score (nSPS) is 17.0. The number of carbonyl (C=O) groups is 2. The molecule has 150 valence electrons. The van der Waals surface area contributed by atoms with E-state index in [1.54, 1.807) is 13.8 Å². The van der Waals surface area contributed by atoms with Gasteiger partial charge >= 0.3 is 0 Å². The van der Waals surface area contributed by atoms with E-state index in [-0.39, 0.29) is 17.3 Å². The number of aliphatic hydroxyl groups excluding tert-OH is 1. The SMILES string of the molecule is CCOc1ccc2nc(N3C(=O)C(O)=C(C(=O)C(C)C)C3c3cccs3)sc2c1. The highest BCUT2D eigenvalue weighted by molar-refractivity contribution is 7.22. The Hall–Kier alpha value is -2.71. The summed E-state index contributed by atoms with van der Waals surface area (Å²) in [5.74, 6) is -0.940. The minimum absolute atomic E-state index is 0.140. The number of thiophene rings is 1. The topological polar surface area (TPSA) is 79.7 Å². The van der Waals surface area contributed by atoms with Gasteiger partial charge in [0, 0.05) is 10.8 Å². The number of amides is 1. The number of aliphatic hydroxyl groups is 1. The van der Waals surface area contributed by atoms with Gasteiger partial charge in [0.05, 0.1) is 22.4 Å². The van der Waals surface area contributed by atoms with Gasteiger partial charge in [0.1, 0.15) is 11.8 Å². The smallest absolute Gasteiger partial charge is 0.296 e. The van der Waals surface area contributed by atoms with Gasteiger partial charge in [-0.05, 0) is 36.6 Å². The summed E-state index contributed by atoms with van der Waals surface area (Å²) < 4.78 is 6.42. The lowest BCUT2D eigenvalue weighted by molar-refractivity contribution is -0.119. The van der Waals surface area contributed by atoms with Gasteiger partial charge < -0.3 is 9.84 Å². The molecule has 2 aromatic heterocycles. The van der Waals surface area contributed by atoms with Crippen molar-refractivity contribution < 1.29 is 19.4 Å². The standard InChI is InChI=1S/C21H20N2O4S2/c1-4-27-12-7-8-13-15(10-12)29-21(22-13)23-17(14-6-5-9-28-14)16(18(24)11(2)3)19(25)20(23)26/h5-11,17,25H,4H2,1-3H3. The molecule has 1 aliphatic rings. The van der Waals surface area contributed by atoms with Crippen molar-refractivity contribution in [3.8, 4) is 5.75 Å². The highest BCUT2D eigenvalue weighted by Crippen LogP contribution is 2.45. The Kier molecular flexibility index (Phi) is 5.14. The first-order valence-corrected chi connectivity index (χ1v) is 11.0. The van der Waals surface area contributed by atoms with E-state index in [0.29, 0.717) is 11.7 Å². The molecule has 1 aliphatic heterocycles. The number of anilines is 1. The number of benzene rings is 1. The van der Waals surface area contributed by atoms with Crippen LogP contribution >= 0.6 is 22.7 Å². The Balaban J connectivity index is 1.83. The number of hydrogen-bond acceptors (Lipinski definition) is 7. The fourth-order valence-electron chi connectivity index (χ4n) is 3.33. The van der Waals surface area contributed by atoms with Crippen LogP contribution in [-0.2, 0) is 9.59 Å². The van der Waals surface area contributed by atoms with Crippen LogP contribution in [0.4, 0.5) is 5.13 Å². The van der Waals surface area contributed by atoms with Crippen molar-refractivity contribution >= 4 is 49.7 Å². The van der Waals surface area contributed by atoms with Crippen LogP contribution in [0.2, 0.25) is 0 Å². The van der Waals surface area contributed by atoms with Crippen LogP contribution in [0.3, 0.4) is 0 Å². The molecule has 1 N–H and O–H groups in total. The van der Waals surface area contributed by atoms with E-state index in [0.717, 1.165) is 20.8 Å². The second kappa shape index (κ2) is 7.61. The molecule has 4 rings (SSSR count). The van der Waals surface area contributed by atoms with Gasteiger partial charge in [0.25, 0.3) is 5.91 Å². The van der Waals surface area contributed by atoms with E-state index in [4.69, 9.17) is 4.74 Å². The molecule has 3 aromatic rings. The minimum atomic E-state index is -0.677. The van der Waals surface area contributed by atoms with Gasteiger partial charge in [-0.1, -0.05) is 31.3 Å². The number of Topliss-reactive ketones (excluding diaryl/α,β-unsaturated/α-hetero) is 1. The molecule has 1 amide bonds. The fraction of sp³-hybridized carbons (Fsp3) is 0.286. The summed E-state index contributed by atoms with van der Waals surface area (Å²) in [6.45, 7) is 5.99. The zero-order chi connectivity index (χ0) is 20.7. The van der Waals surface area contributed by atoms with E-state index < -0.39 is 17.7 Å². The van der Waals surface area contributed by atoms with Gasteiger partial charge in [-0.15, -0.1) is 11.3 Å². The Labute approximate surface area is 176 Å². The molecule has 0 fully saturated rings.